The number of rotatable bonds is 10. The number of halogens is 1. The summed E-state index contributed by atoms with van der Waals surface area (Å²) in [6, 6.07) is 14.3. The van der Waals surface area contributed by atoms with Crippen LogP contribution in [0.1, 0.15) is 38.2 Å². The van der Waals surface area contributed by atoms with E-state index in [-0.39, 0.29) is 0 Å². The van der Waals surface area contributed by atoms with Crippen LogP contribution in [0.15, 0.2) is 46.9 Å². The van der Waals surface area contributed by atoms with E-state index in [9.17, 15) is 0 Å². The molecule has 0 fully saturated rings. The molecule has 130 valence electrons. The Hall–Kier alpha value is -1.68. The van der Waals surface area contributed by atoms with Crippen molar-refractivity contribution in [3.63, 3.8) is 0 Å². The third-order valence-corrected chi connectivity index (χ3v) is 4.45. The smallest absolute Gasteiger partial charge is 0.142 e. The molecule has 0 aliphatic rings. The lowest BCUT2D eigenvalue weighted by atomic mass is 10.0. The highest BCUT2D eigenvalue weighted by Crippen LogP contribution is 2.24. The summed E-state index contributed by atoms with van der Waals surface area (Å²) in [5.41, 5.74) is 9.23. The fourth-order valence-corrected chi connectivity index (χ4v) is 3.05. The Morgan fingerprint density at radius 2 is 1.83 bits per heavy atom. The van der Waals surface area contributed by atoms with E-state index in [1.165, 1.54) is 24.8 Å². The molecule has 0 aromatic heterocycles. The largest absolute Gasteiger partial charge is 0.491 e. The lowest BCUT2D eigenvalue weighted by Crippen LogP contribution is -2.03. The molecule has 4 heteroatoms. The molecule has 0 aliphatic heterocycles. The topological polar surface area (TPSA) is 47.3 Å². The maximum atomic E-state index is 6.03. The van der Waals surface area contributed by atoms with Crippen LogP contribution in [0.2, 0.25) is 0 Å². The Labute approximate surface area is 153 Å². The van der Waals surface area contributed by atoms with Gasteiger partial charge in [-0.05, 0) is 56.0 Å². The molecule has 3 N–H and O–H groups in total. The van der Waals surface area contributed by atoms with Crippen molar-refractivity contribution in [3.05, 3.63) is 52.5 Å². The first-order valence-electron chi connectivity index (χ1n) is 8.70. The van der Waals surface area contributed by atoms with E-state index in [2.05, 4.69) is 46.4 Å². The van der Waals surface area contributed by atoms with Crippen molar-refractivity contribution >= 4 is 27.3 Å². The van der Waals surface area contributed by atoms with Crippen LogP contribution in [-0.2, 0) is 6.42 Å². The zero-order chi connectivity index (χ0) is 17.2. The number of unbranched alkanes of at least 4 members (excludes halogenated alkanes) is 3. The molecule has 2 rings (SSSR count). The predicted molar refractivity (Wildman–Crippen MR) is 107 cm³/mol. The summed E-state index contributed by atoms with van der Waals surface area (Å²) in [6.45, 7) is 3.76. The molecule has 0 spiro atoms. The number of nitrogens with one attached hydrogen (secondary N) is 1. The van der Waals surface area contributed by atoms with E-state index in [1.807, 2.05) is 24.3 Å². The third kappa shape index (κ3) is 6.08. The highest BCUT2D eigenvalue weighted by Gasteiger charge is 2.02. The first-order chi connectivity index (χ1) is 11.7. The zero-order valence-corrected chi connectivity index (χ0v) is 15.9. The van der Waals surface area contributed by atoms with Gasteiger partial charge >= 0.3 is 0 Å². The van der Waals surface area contributed by atoms with E-state index in [0.717, 1.165) is 47.6 Å². The minimum absolute atomic E-state index is 0.767. The van der Waals surface area contributed by atoms with Crippen molar-refractivity contribution < 1.29 is 4.74 Å². The summed E-state index contributed by atoms with van der Waals surface area (Å²) in [5, 5.41) is 3.32. The molecule has 0 saturated heterocycles. The molecular formula is C20H27BrN2O. The zero-order valence-electron chi connectivity index (χ0n) is 14.4. The minimum atomic E-state index is 0.767. The molecule has 24 heavy (non-hydrogen) atoms. The quantitative estimate of drug-likeness (QED) is 0.407. The van der Waals surface area contributed by atoms with E-state index in [1.54, 1.807) is 0 Å². The Kier molecular flexibility index (Phi) is 7.96. The molecule has 0 unspecified atom stereocenters. The Balaban J connectivity index is 1.62. The highest BCUT2D eigenvalue weighted by atomic mass is 79.9. The van der Waals surface area contributed by atoms with Crippen molar-refractivity contribution in [2.75, 3.05) is 24.2 Å². The van der Waals surface area contributed by atoms with Crippen LogP contribution in [0, 0.1) is 0 Å². The van der Waals surface area contributed by atoms with Gasteiger partial charge in [0.15, 0.2) is 0 Å². The van der Waals surface area contributed by atoms with Crippen LogP contribution in [0.5, 0.6) is 5.75 Å². The highest BCUT2D eigenvalue weighted by molar-refractivity contribution is 9.10. The van der Waals surface area contributed by atoms with Crippen LogP contribution in [0.4, 0.5) is 11.4 Å². The molecule has 2 aromatic rings. The van der Waals surface area contributed by atoms with Gasteiger partial charge in [-0.2, -0.15) is 0 Å². The number of hydrogen-bond donors (Lipinski definition) is 2. The second kappa shape index (κ2) is 10.2. The summed E-state index contributed by atoms with van der Waals surface area (Å²) in [4.78, 5) is 0. The number of hydrogen-bond acceptors (Lipinski definition) is 3. The number of nitrogen functional groups attached to an aromatic ring is 1. The summed E-state index contributed by atoms with van der Waals surface area (Å²) in [6.07, 6.45) is 5.67. The van der Waals surface area contributed by atoms with Crippen LogP contribution in [0.25, 0.3) is 0 Å². The van der Waals surface area contributed by atoms with Crippen LogP contribution < -0.4 is 15.8 Å². The van der Waals surface area contributed by atoms with Crippen LogP contribution >= 0.6 is 15.9 Å². The maximum Gasteiger partial charge on any atom is 0.142 e. The molecule has 0 saturated carbocycles. The van der Waals surface area contributed by atoms with E-state index in [4.69, 9.17) is 10.5 Å². The Morgan fingerprint density at radius 1 is 1.04 bits per heavy atom. The first-order valence-corrected chi connectivity index (χ1v) is 9.49. The van der Waals surface area contributed by atoms with E-state index in [0.29, 0.717) is 0 Å². The van der Waals surface area contributed by atoms with Gasteiger partial charge in [-0.25, -0.2) is 0 Å². The predicted octanol–water partition coefficient (Wildman–Crippen LogP) is 5.65. The van der Waals surface area contributed by atoms with Gasteiger partial charge in [0.2, 0.25) is 0 Å². The summed E-state index contributed by atoms with van der Waals surface area (Å²) in [7, 11) is 0. The molecule has 0 bridgehead atoms. The number of para-hydroxylation sites is 2. The average Bonchev–Trinajstić information content (AvgIpc) is 2.57. The van der Waals surface area contributed by atoms with Gasteiger partial charge in [-0.1, -0.05) is 47.0 Å². The summed E-state index contributed by atoms with van der Waals surface area (Å²) >= 11 is 3.44. The summed E-state index contributed by atoms with van der Waals surface area (Å²) < 4.78 is 6.94. The lowest BCUT2D eigenvalue weighted by molar-refractivity contribution is 0.306. The molecule has 0 heterocycles. The SMILES string of the molecule is CCNc1ccccc1OCCCCCCc1ccc(Br)cc1N. The van der Waals surface area contributed by atoms with Gasteiger partial charge in [-0.3, -0.25) is 0 Å². The first kappa shape index (κ1) is 18.7. The molecule has 0 atom stereocenters. The van der Waals surface area contributed by atoms with Crippen molar-refractivity contribution in [2.24, 2.45) is 0 Å². The van der Waals surface area contributed by atoms with Crippen LogP contribution in [-0.4, -0.2) is 13.2 Å². The lowest BCUT2D eigenvalue weighted by Gasteiger charge is -2.12. The summed E-state index contributed by atoms with van der Waals surface area (Å²) in [5.74, 6) is 0.946. The Bertz CT molecular complexity index is 631. The standard InChI is InChI=1S/C20H27BrN2O/c1-2-23-19-10-6-7-11-20(19)24-14-8-4-3-5-9-16-12-13-17(21)15-18(16)22/h6-7,10-13,15,23H,2-5,8-9,14,22H2,1H3. The van der Waals surface area contributed by atoms with Crippen molar-refractivity contribution in [1.82, 2.24) is 0 Å². The number of nitrogens with two attached hydrogens (primary N) is 1. The van der Waals surface area contributed by atoms with Gasteiger partial charge in [0, 0.05) is 16.7 Å². The van der Waals surface area contributed by atoms with E-state index < -0.39 is 0 Å². The fourth-order valence-electron chi connectivity index (χ4n) is 2.68. The molecule has 3 nitrogen and oxygen atoms in total. The second-order valence-corrected chi connectivity index (χ2v) is 6.80. The van der Waals surface area contributed by atoms with Crippen LogP contribution in [0.3, 0.4) is 0 Å². The van der Waals surface area contributed by atoms with Crippen molar-refractivity contribution in [3.8, 4) is 5.75 Å². The van der Waals surface area contributed by atoms with Crippen molar-refractivity contribution in [1.29, 1.82) is 0 Å². The fraction of sp³-hybridized carbons (Fsp3) is 0.400. The second-order valence-electron chi connectivity index (χ2n) is 5.88. The van der Waals surface area contributed by atoms with Gasteiger partial charge in [0.1, 0.15) is 5.75 Å². The van der Waals surface area contributed by atoms with Gasteiger partial charge < -0.3 is 15.8 Å². The Morgan fingerprint density at radius 3 is 2.62 bits per heavy atom. The number of aryl methyl sites for hydroxylation is 1. The van der Waals surface area contributed by atoms with Gasteiger partial charge in [0.05, 0.1) is 12.3 Å². The van der Waals surface area contributed by atoms with E-state index >= 15 is 0 Å². The molecule has 2 aromatic carbocycles. The third-order valence-electron chi connectivity index (χ3n) is 3.96. The van der Waals surface area contributed by atoms with Crippen molar-refractivity contribution in [2.45, 2.75) is 39.0 Å². The van der Waals surface area contributed by atoms with Gasteiger partial charge in [0.25, 0.3) is 0 Å². The van der Waals surface area contributed by atoms with Gasteiger partial charge in [-0.15, -0.1) is 0 Å². The maximum absolute atomic E-state index is 6.03. The molecule has 0 amide bonds. The number of ether oxygens (including phenoxy) is 1. The number of benzene rings is 2. The molecule has 0 aliphatic carbocycles. The monoisotopic (exact) mass is 390 g/mol. The molecule has 0 radical (unpaired) electrons. The minimum Gasteiger partial charge on any atom is -0.491 e. The normalized spacial score (nSPS) is 10.6. The molecular weight excluding hydrogens is 364 g/mol. The number of anilines is 2. The average molecular weight is 391 g/mol.